The molecule has 2 atom stereocenters. The van der Waals surface area contributed by atoms with E-state index in [1.54, 1.807) is 70.7 Å². The van der Waals surface area contributed by atoms with Crippen LogP contribution in [0.25, 0.3) is 0 Å². The molecule has 0 unspecified atom stereocenters. The highest BCUT2D eigenvalue weighted by Crippen LogP contribution is 2.34. The molecule has 3 heterocycles. The summed E-state index contributed by atoms with van der Waals surface area (Å²) >= 11 is 1.65. The van der Waals surface area contributed by atoms with E-state index in [0.717, 1.165) is 24.8 Å². The molecule has 0 radical (unpaired) electrons. The Hall–Kier alpha value is -3.43. The summed E-state index contributed by atoms with van der Waals surface area (Å²) in [5, 5.41) is 2.00. The SMILES string of the molecule is COc1cccc(C(=O)N(CC(=O)N2CCc3sccc3[C@H]2COc2ccccc2F)C[C@@H]2CCCO2)c1. The summed E-state index contributed by atoms with van der Waals surface area (Å²) in [6.45, 7) is 1.51. The highest BCUT2D eigenvalue weighted by atomic mass is 32.1. The van der Waals surface area contributed by atoms with Crippen LogP contribution in [0.3, 0.4) is 0 Å². The topological polar surface area (TPSA) is 68.3 Å². The fourth-order valence-electron chi connectivity index (χ4n) is 5.05. The van der Waals surface area contributed by atoms with E-state index in [0.29, 0.717) is 31.0 Å². The smallest absolute Gasteiger partial charge is 0.254 e. The van der Waals surface area contributed by atoms with Crippen LogP contribution in [0, 0.1) is 5.82 Å². The van der Waals surface area contributed by atoms with Crippen LogP contribution in [0.4, 0.5) is 4.39 Å². The number of hydrogen-bond acceptors (Lipinski definition) is 6. The molecule has 0 aliphatic carbocycles. The molecular weight excluding hydrogens is 507 g/mol. The molecule has 9 heteroatoms. The van der Waals surface area contributed by atoms with Gasteiger partial charge in [0.05, 0.1) is 19.3 Å². The molecule has 0 bridgehead atoms. The number of carbonyl (C=O) groups excluding carboxylic acids is 2. The maximum Gasteiger partial charge on any atom is 0.254 e. The van der Waals surface area contributed by atoms with E-state index >= 15 is 0 Å². The third-order valence-corrected chi connectivity index (χ3v) is 8.02. The fourth-order valence-corrected chi connectivity index (χ4v) is 5.98. The lowest BCUT2D eigenvalue weighted by molar-refractivity contribution is -0.135. The third-order valence-electron chi connectivity index (χ3n) is 7.03. The molecule has 5 rings (SSSR count). The third kappa shape index (κ3) is 5.84. The second kappa shape index (κ2) is 12.0. The molecular formula is C29H31FN2O5S. The van der Waals surface area contributed by atoms with Crippen molar-refractivity contribution in [2.75, 3.05) is 40.0 Å². The van der Waals surface area contributed by atoms with E-state index in [1.165, 1.54) is 10.9 Å². The number of halogens is 1. The van der Waals surface area contributed by atoms with Crippen molar-refractivity contribution in [2.45, 2.75) is 31.4 Å². The zero-order valence-corrected chi connectivity index (χ0v) is 22.1. The van der Waals surface area contributed by atoms with E-state index in [-0.39, 0.29) is 42.9 Å². The number of amides is 2. The van der Waals surface area contributed by atoms with Gasteiger partial charge >= 0.3 is 0 Å². The number of nitrogens with zero attached hydrogens (tertiary/aromatic N) is 2. The molecule has 2 aromatic carbocycles. The molecule has 2 amide bonds. The van der Waals surface area contributed by atoms with Crippen LogP contribution >= 0.6 is 11.3 Å². The minimum absolute atomic E-state index is 0.0917. The quantitative estimate of drug-likeness (QED) is 0.394. The summed E-state index contributed by atoms with van der Waals surface area (Å²) in [4.78, 5) is 31.9. The number of benzene rings is 2. The summed E-state index contributed by atoms with van der Waals surface area (Å²) in [6, 6.07) is 14.8. The summed E-state index contributed by atoms with van der Waals surface area (Å²) in [5.41, 5.74) is 1.46. The molecule has 1 saturated heterocycles. The molecule has 0 spiro atoms. The number of hydrogen-bond donors (Lipinski definition) is 0. The Bertz CT molecular complexity index is 1280. The predicted molar refractivity (Wildman–Crippen MR) is 142 cm³/mol. The lowest BCUT2D eigenvalue weighted by atomic mass is 10.00. The van der Waals surface area contributed by atoms with Gasteiger partial charge in [0.2, 0.25) is 5.91 Å². The monoisotopic (exact) mass is 538 g/mol. The highest BCUT2D eigenvalue weighted by Gasteiger charge is 2.34. The van der Waals surface area contributed by atoms with E-state index in [9.17, 15) is 14.0 Å². The van der Waals surface area contributed by atoms with Crippen molar-refractivity contribution < 1.29 is 28.2 Å². The number of thiophene rings is 1. The molecule has 1 aromatic heterocycles. The lowest BCUT2D eigenvalue weighted by Gasteiger charge is -2.37. The van der Waals surface area contributed by atoms with Crippen LogP contribution in [-0.4, -0.2) is 67.7 Å². The predicted octanol–water partition coefficient (Wildman–Crippen LogP) is 4.72. The van der Waals surface area contributed by atoms with Gasteiger partial charge in [-0.3, -0.25) is 9.59 Å². The van der Waals surface area contributed by atoms with Crippen molar-refractivity contribution in [3.63, 3.8) is 0 Å². The normalized spacial score (nSPS) is 18.6. The van der Waals surface area contributed by atoms with Gasteiger partial charge in [-0.2, -0.15) is 0 Å². The maximum absolute atomic E-state index is 14.2. The van der Waals surface area contributed by atoms with E-state index in [4.69, 9.17) is 14.2 Å². The first kappa shape index (κ1) is 26.2. The molecule has 38 heavy (non-hydrogen) atoms. The van der Waals surface area contributed by atoms with Crippen LogP contribution in [0.15, 0.2) is 60.0 Å². The Morgan fingerprint density at radius 3 is 2.84 bits per heavy atom. The molecule has 2 aliphatic heterocycles. The van der Waals surface area contributed by atoms with Crippen LogP contribution in [0.5, 0.6) is 11.5 Å². The number of para-hydroxylation sites is 1. The number of rotatable bonds is 9. The zero-order valence-electron chi connectivity index (χ0n) is 21.3. The molecule has 2 aliphatic rings. The highest BCUT2D eigenvalue weighted by molar-refractivity contribution is 7.10. The first-order valence-electron chi connectivity index (χ1n) is 12.8. The first-order valence-corrected chi connectivity index (χ1v) is 13.7. The molecule has 0 saturated carbocycles. The van der Waals surface area contributed by atoms with Gasteiger partial charge in [-0.15, -0.1) is 11.3 Å². The number of fused-ring (bicyclic) bond motifs is 1. The Labute approximate surface area is 225 Å². The van der Waals surface area contributed by atoms with Crippen molar-refractivity contribution in [1.29, 1.82) is 0 Å². The summed E-state index contributed by atoms with van der Waals surface area (Å²) in [6.07, 6.45) is 2.40. The Kier molecular flexibility index (Phi) is 8.24. The molecule has 200 valence electrons. The van der Waals surface area contributed by atoms with Crippen molar-refractivity contribution in [2.24, 2.45) is 0 Å². The van der Waals surface area contributed by atoms with Crippen LogP contribution in [-0.2, 0) is 16.0 Å². The minimum Gasteiger partial charge on any atom is -0.497 e. The van der Waals surface area contributed by atoms with Crippen molar-refractivity contribution in [3.8, 4) is 11.5 Å². The standard InChI is InChI=1S/C29H31FN2O5S/c1-35-21-7-4-6-20(16-21)29(34)31(17-22-8-5-14-36-22)18-28(33)32-13-11-27-23(12-15-38-27)25(32)19-37-26-10-3-2-9-24(26)30/h2-4,6-7,9-10,12,15-16,22,25H,5,8,11,13-14,17-19H2,1H3/t22-,25+/m0/s1. The van der Waals surface area contributed by atoms with Gasteiger partial charge in [0, 0.05) is 30.1 Å². The van der Waals surface area contributed by atoms with Crippen LogP contribution in [0.1, 0.15) is 39.7 Å². The molecule has 3 aromatic rings. The summed E-state index contributed by atoms with van der Waals surface area (Å²) in [5.74, 6) is -0.155. The van der Waals surface area contributed by atoms with Crippen molar-refractivity contribution in [1.82, 2.24) is 9.80 Å². The number of methoxy groups -OCH3 is 1. The molecule has 7 nitrogen and oxygen atoms in total. The van der Waals surface area contributed by atoms with Crippen molar-refractivity contribution >= 4 is 23.2 Å². The van der Waals surface area contributed by atoms with Gasteiger partial charge in [0.15, 0.2) is 11.6 Å². The second-order valence-electron chi connectivity index (χ2n) is 9.45. The van der Waals surface area contributed by atoms with Crippen molar-refractivity contribution in [3.05, 3.63) is 81.8 Å². The fraction of sp³-hybridized carbons (Fsp3) is 0.379. The Morgan fingerprint density at radius 2 is 2.05 bits per heavy atom. The Morgan fingerprint density at radius 1 is 1.18 bits per heavy atom. The van der Waals surface area contributed by atoms with Gasteiger partial charge in [-0.1, -0.05) is 18.2 Å². The van der Waals surface area contributed by atoms with Gasteiger partial charge in [0.25, 0.3) is 5.91 Å². The van der Waals surface area contributed by atoms with E-state index in [2.05, 4.69) is 0 Å². The van der Waals surface area contributed by atoms with Gasteiger partial charge in [-0.25, -0.2) is 4.39 Å². The average molecular weight is 539 g/mol. The summed E-state index contributed by atoms with van der Waals surface area (Å²) < 4.78 is 31.2. The molecule has 1 fully saturated rings. The number of carbonyl (C=O) groups is 2. The largest absolute Gasteiger partial charge is 0.497 e. The zero-order chi connectivity index (χ0) is 26.5. The Balaban J connectivity index is 1.36. The number of ether oxygens (including phenoxy) is 3. The van der Waals surface area contributed by atoms with Gasteiger partial charge in [0.1, 0.15) is 18.9 Å². The molecule has 0 N–H and O–H groups in total. The lowest BCUT2D eigenvalue weighted by Crippen LogP contribution is -2.49. The first-order chi connectivity index (χ1) is 18.5. The summed E-state index contributed by atoms with van der Waals surface area (Å²) in [7, 11) is 1.55. The van der Waals surface area contributed by atoms with Crippen LogP contribution < -0.4 is 9.47 Å². The maximum atomic E-state index is 14.2. The van der Waals surface area contributed by atoms with Gasteiger partial charge in [-0.05, 0) is 66.6 Å². The van der Waals surface area contributed by atoms with Gasteiger partial charge < -0.3 is 24.0 Å². The average Bonchev–Trinajstić information content (AvgIpc) is 3.64. The van der Waals surface area contributed by atoms with E-state index < -0.39 is 5.82 Å². The second-order valence-corrected chi connectivity index (χ2v) is 10.4. The minimum atomic E-state index is -0.446. The van der Waals surface area contributed by atoms with E-state index in [1.807, 2.05) is 11.4 Å². The van der Waals surface area contributed by atoms with Crippen LogP contribution in [0.2, 0.25) is 0 Å².